The minimum absolute atomic E-state index is 0.0884. The lowest BCUT2D eigenvalue weighted by Gasteiger charge is -2.31. The average molecular weight is 169 g/mol. The number of hydrogen-bond donors (Lipinski definition) is 3. The number of guanidine groups is 1. The molecular weight excluding hydrogens is 150 g/mol. The molecule has 3 heteroatoms. The second kappa shape index (κ2) is 2.64. The lowest BCUT2D eigenvalue weighted by atomic mass is 9.77. The first-order chi connectivity index (χ1) is 5.37. The van der Waals surface area contributed by atoms with Gasteiger partial charge in [0.2, 0.25) is 0 Å². The van der Waals surface area contributed by atoms with Gasteiger partial charge in [-0.2, -0.15) is 0 Å². The molecule has 70 valence electrons. The molecule has 0 amide bonds. The highest BCUT2D eigenvalue weighted by Gasteiger charge is 2.51. The Balaban J connectivity index is 2.46. The van der Waals surface area contributed by atoms with Crippen LogP contribution < -0.4 is 11.1 Å². The molecule has 1 aliphatic rings. The van der Waals surface area contributed by atoms with Crippen molar-refractivity contribution in [1.29, 1.82) is 5.41 Å². The van der Waals surface area contributed by atoms with Gasteiger partial charge in [0.25, 0.3) is 0 Å². The summed E-state index contributed by atoms with van der Waals surface area (Å²) in [5.41, 5.74) is 5.96. The van der Waals surface area contributed by atoms with E-state index in [4.69, 9.17) is 11.1 Å². The van der Waals surface area contributed by atoms with Crippen LogP contribution in [0.25, 0.3) is 0 Å². The predicted molar refractivity (Wildman–Crippen MR) is 51.0 cm³/mol. The summed E-state index contributed by atoms with van der Waals surface area (Å²) in [6.45, 7) is 7.61. The Morgan fingerprint density at radius 3 is 2.25 bits per heavy atom. The molecule has 0 atom stereocenters. The highest BCUT2D eigenvalue weighted by molar-refractivity contribution is 5.74. The van der Waals surface area contributed by atoms with Crippen LogP contribution in [0, 0.1) is 16.2 Å². The van der Waals surface area contributed by atoms with Crippen LogP contribution in [0.15, 0.2) is 0 Å². The molecule has 1 aliphatic carbocycles. The molecule has 0 bridgehead atoms. The Morgan fingerprint density at radius 1 is 1.50 bits per heavy atom. The van der Waals surface area contributed by atoms with Crippen LogP contribution >= 0.6 is 0 Å². The third-order valence-electron chi connectivity index (χ3n) is 3.06. The van der Waals surface area contributed by atoms with Gasteiger partial charge in [-0.15, -0.1) is 0 Å². The molecule has 0 aromatic carbocycles. The van der Waals surface area contributed by atoms with Crippen LogP contribution in [0.1, 0.15) is 33.6 Å². The molecule has 0 aliphatic heterocycles. The summed E-state index contributed by atoms with van der Waals surface area (Å²) in [4.78, 5) is 0. The maximum absolute atomic E-state index is 7.07. The Morgan fingerprint density at radius 2 is 2.00 bits per heavy atom. The maximum Gasteiger partial charge on any atom is 0.185 e. The smallest absolute Gasteiger partial charge is 0.185 e. The lowest BCUT2D eigenvalue weighted by molar-refractivity contribution is 0.215. The third-order valence-corrected chi connectivity index (χ3v) is 3.06. The Kier molecular flexibility index (Phi) is 2.06. The predicted octanol–water partition coefficient (Wildman–Crippen LogP) is 1.30. The molecule has 1 rings (SSSR count). The number of rotatable bonds is 2. The van der Waals surface area contributed by atoms with Crippen molar-refractivity contribution in [2.24, 2.45) is 16.6 Å². The van der Waals surface area contributed by atoms with Gasteiger partial charge in [-0.25, -0.2) is 0 Å². The van der Waals surface area contributed by atoms with Gasteiger partial charge in [-0.05, 0) is 23.7 Å². The fraction of sp³-hybridized carbons (Fsp3) is 0.889. The molecule has 3 nitrogen and oxygen atoms in total. The molecule has 0 aromatic rings. The number of nitrogens with two attached hydrogens (primary N) is 1. The average Bonchev–Trinajstić information content (AvgIpc) is 2.60. The monoisotopic (exact) mass is 169 g/mol. The van der Waals surface area contributed by atoms with Crippen molar-refractivity contribution in [3.63, 3.8) is 0 Å². The van der Waals surface area contributed by atoms with E-state index in [1.54, 1.807) is 0 Å². The fourth-order valence-corrected chi connectivity index (χ4v) is 1.61. The minimum atomic E-state index is 0.0884. The van der Waals surface area contributed by atoms with Crippen molar-refractivity contribution in [1.82, 2.24) is 5.32 Å². The fourth-order valence-electron chi connectivity index (χ4n) is 1.61. The molecule has 4 N–H and O–H groups in total. The molecule has 1 fully saturated rings. The van der Waals surface area contributed by atoms with Gasteiger partial charge >= 0.3 is 0 Å². The van der Waals surface area contributed by atoms with Gasteiger partial charge in [0.05, 0.1) is 0 Å². The number of hydrogen-bond acceptors (Lipinski definition) is 1. The first kappa shape index (κ1) is 9.36. The highest BCUT2D eigenvalue weighted by atomic mass is 15.1. The van der Waals surface area contributed by atoms with Crippen molar-refractivity contribution in [2.75, 3.05) is 6.54 Å². The Labute approximate surface area is 74.2 Å². The number of nitrogens with one attached hydrogen (secondary N) is 2. The molecule has 0 aromatic heterocycles. The standard InChI is InChI=1S/C9H19N3/c1-8(2,3)9(4-5-9)6-12-7(10)11/h4-6H2,1-3H3,(H4,10,11,12). The Hall–Kier alpha value is -0.730. The van der Waals surface area contributed by atoms with Gasteiger partial charge < -0.3 is 11.1 Å². The third kappa shape index (κ3) is 1.71. The molecule has 0 unspecified atom stereocenters. The summed E-state index contributed by atoms with van der Waals surface area (Å²) in [5, 5.41) is 9.99. The van der Waals surface area contributed by atoms with Crippen molar-refractivity contribution >= 4 is 5.96 Å². The summed E-state index contributed by atoms with van der Waals surface area (Å²) in [6, 6.07) is 0. The van der Waals surface area contributed by atoms with Gasteiger partial charge in [0.1, 0.15) is 0 Å². The quantitative estimate of drug-likeness (QED) is 0.431. The highest BCUT2D eigenvalue weighted by Crippen LogP contribution is 2.57. The normalized spacial score (nSPS) is 20.2. The maximum atomic E-state index is 7.07. The van der Waals surface area contributed by atoms with E-state index in [2.05, 4.69) is 26.1 Å². The van der Waals surface area contributed by atoms with Crippen molar-refractivity contribution in [3.8, 4) is 0 Å². The topological polar surface area (TPSA) is 61.9 Å². The summed E-state index contributed by atoms with van der Waals surface area (Å²) < 4.78 is 0. The summed E-state index contributed by atoms with van der Waals surface area (Å²) >= 11 is 0. The molecule has 0 saturated heterocycles. The van der Waals surface area contributed by atoms with E-state index >= 15 is 0 Å². The molecule has 0 spiro atoms. The van der Waals surface area contributed by atoms with Crippen LogP contribution in [0.3, 0.4) is 0 Å². The van der Waals surface area contributed by atoms with Gasteiger partial charge in [0.15, 0.2) is 5.96 Å². The van der Waals surface area contributed by atoms with E-state index in [0.29, 0.717) is 10.8 Å². The summed E-state index contributed by atoms with van der Waals surface area (Å²) in [6.07, 6.45) is 2.52. The van der Waals surface area contributed by atoms with Gasteiger partial charge in [-0.1, -0.05) is 20.8 Å². The van der Waals surface area contributed by atoms with Crippen molar-refractivity contribution < 1.29 is 0 Å². The molecule has 1 saturated carbocycles. The van der Waals surface area contributed by atoms with Crippen LogP contribution in [-0.4, -0.2) is 12.5 Å². The molecule has 0 heterocycles. The Bertz CT molecular complexity index is 186. The second-order valence-corrected chi connectivity index (χ2v) is 4.80. The van der Waals surface area contributed by atoms with Crippen LogP contribution in [-0.2, 0) is 0 Å². The van der Waals surface area contributed by atoms with Crippen molar-refractivity contribution in [2.45, 2.75) is 33.6 Å². The summed E-state index contributed by atoms with van der Waals surface area (Å²) in [7, 11) is 0. The zero-order valence-electron chi connectivity index (χ0n) is 8.20. The van der Waals surface area contributed by atoms with E-state index in [0.717, 1.165) is 6.54 Å². The zero-order chi connectivity index (χ0) is 9.41. The van der Waals surface area contributed by atoms with Crippen LogP contribution in [0.2, 0.25) is 0 Å². The SMILES string of the molecule is CC(C)(C)C1(CNC(=N)N)CC1. The minimum Gasteiger partial charge on any atom is -0.370 e. The second-order valence-electron chi connectivity index (χ2n) is 4.80. The summed E-state index contributed by atoms with van der Waals surface area (Å²) in [5.74, 6) is 0.0884. The van der Waals surface area contributed by atoms with Crippen LogP contribution in [0.5, 0.6) is 0 Å². The van der Waals surface area contributed by atoms with Crippen LogP contribution in [0.4, 0.5) is 0 Å². The largest absolute Gasteiger partial charge is 0.370 e. The van der Waals surface area contributed by atoms with E-state index in [1.165, 1.54) is 12.8 Å². The first-order valence-electron chi connectivity index (χ1n) is 4.45. The molecule has 0 radical (unpaired) electrons. The van der Waals surface area contributed by atoms with E-state index in [1.807, 2.05) is 0 Å². The van der Waals surface area contributed by atoms with Crippen molar-refractivity contribution in [3.05, 3.63) is 0 Å². The molecule has 12 heavy (non-hydrogen) atoms. The lowest BCUT2D eigenvalue weighted by Crippen LogP contribution is -2.39. The van der Waals surface area contributed by atoms with Gasteiger partial charge in [-0.3, -0.25) is 5.41 Å². The molecular formula is C9H19N3. The first-order valence-corrected chi connectivity index (χ1v) is 4.45. The van der Waals surface area contributed by atoms with E-state index in [-0.39, 0.29) is 5.96 Å². The van der Waals surface area contributed by atoms with E-state index in [9.17, 15) is 0 Å². The van der Waals surface area contributed by atoms with Gasteiger partial charge in [0, 0.05) is 6.54 Å². The zero-order valence-corrected chi connectivity index (χ0v) is 8.20. The van der Waals surface area contributed by atoms with E-state index < -0.39 is 0 Å².